The number of hydrogen-bond donors (Lipinski definition) is 3. The number of anilines is 1. The fourth-order valence-electron chi connectivity index (χ4n) is 2.18. The Morgan fingerprint density at radius 3 is 2.64 bits per heavy atom. The predicted molar refractivity (Wildman–Crippen MR) is 87.9 cm³/mol. The Bertz CT molecular complexity index is 514. The van der Waals surface area contributed by atoms with Crippen molar-refractivity contribution < 1.29 is 14.7 Å². The van der Waals surface area contributed by atoms with Gasteiger partial charge in [0.05, 0.1) is 0 Å². The molecule has 6 heteroatoms. The molecule has 0 aliphatic heterocycles. The second-order valence-electron chi connectivity index (χ2n) is 5.24. The van der Waals surface area contributed by atoms with E-state index in [-0.39, 0.29) is 12.5 Å². The molecule has 5 nitrogen and oxygen atoms in total. The number of halogens is 1. The van der Waals surface area contributed by atoms with Crippen molar-refractivity contribution in [1.82, 2.24) is 5.32 Å². The molecular formula is C16H23ClN2O3. The first-order valence-corrected chi connectivity index (χ1v) is 7.82. The third kappa shape index (κ3) is 5.66. The van der Waals surface area contributed by atoms with Gasteiger partial charge in [-0.1, -0.05) is 31.0 Å². The summed E-state index contributed by atoms with van der Waals surface area (Å²) in [6.07, 6.45) is 2.48. The fraction of sp³-hybridized carbons (Fsp3) is 0.500. The Kier molecular flexibility index (Phi) is 7.91. The fourth-order valence-corrected chi connectivity index (χ4v) is 2.35. The third-order valence-electron chi connectivity index (χ3n) is 3.51. The smallest absolute Gasteiger partial charge is 0.313 e. The lowest BCUT2D eigenvalue weighted by Gasteiger charge is -2.15. The first kappa shape index (κ1) is 18.5. The molecule has 1 rings (SSSR count). The van der Waals surface area contributed by atoms with Crippen LogP contribution in [-0.4, -0.2) is 30.1 Å². The quantitative estimate of drug-likeness (QED) is 0.674. The van der Waals surface area contributed by atoms with Crippen LogP contribution in [0.1, 0.15) is 31.7 Å². The first-order chi connectivity index (χ1) is 10.5. The SMILES string of the molecule is CCCC(CCO)CNC(=O)C(=O)Nc1cccc(Cl)c1C. The monoisotopic (exact) mass is 326 g/mol. The molecule has 2 amide bonds. The summed E-state index contributed by atoms with van der Waals surface area (Å²) in [5.74, 6) is -1.22. The molecule has 0 bridgehead atoms. The highest BCUT2D eigenvalue weighted by Gasteiger charge is 2.17. The van der Waals surface area contributed by atoms with Crippen LogP contribution >= 0.6 is 11.6 Å². The van der Waals surface area contributed by atoms with Crippen molar-refractivity contribution >= 4 is 29.1 Å². The van der Waals surface area contributed by atoms with Gasteiger partial charge in [0.15, 0.2) is 0 Å². The van der Waals surface area contributed by atoms with Crippen molar-refractivity contribution in [2.24, 2.45) is 5.92 Å². The van der Waals surface area contributed by atoms with Gasteiger partial charge < -0.3 is 15.7 Å². The molecule has 22 heavy (non-hydrogen) atoms. The molecule has 0 fully saturated rings. The van der Waals surface area contributed by atoms with E-state index >= 15 is 0 Å². The molecule has 0 aliphatic rings. The largest absolute Gasteiger partial charge is 0.396 e. The summed E-state index contributed by atoms with van der Waals surface area (Å²) >= 11 is 5.97. The van der Waals surface area contributed by atoms with E-state index in [0.717, 1.165) is 18.4 Å². The van der Waals surface area contributed by atoms with E-state index < -0.39 is 11.8 Å². The summed E-state index contributed by atoms with van der Waals surface area (Å²) in [6, 6.07) is 5.12. The molecular weight excluding hydrogens is 304 g/mol. The van der Waals surface area contributed by atoms with Gasteiger partial charge in [-0.2, -0.15) is 0 Å². The Balaban J connectivity index is 2.54. The summed E-state index contributed by atoms with van der Waals surface area (Å²) in [4.78, 5) is 23.7. The minimum atomic E-state index is -0.718. The summed E-state index contributed by atoms with van der Waals surface area (Å²) in [5.41, 5.74) is 1.24. The molecule has 1 aromatic rings. The zero-order valence-corrected chi connectivity index (χ0v) is 13.7. The zero-order chi connectivity index (χ0) is 16.5. The van der Waals surface area contributed by atoms with Crippen LogP contribution in [0.3, 0.4) is 0 Å². The number of hydrogen-bond acceptors (Lipinski definition) is 3. The van der Waals surface area contributed by atoms with E-state index in [1.807, 2.05) is 6.92 Å². The standard InChI is InChI=1S/C16H23ClN2O3/c1-3-5-12(8-9-20)10-18-15(21)16(22)19-14-7-4-6-13(17)11(14)2/h4,6-7,12,20H,3,5,8-10H2,1-2H3,(H,18,21)(H,19,22). The summed E-state index contributed by atoms with van der Waals surface area (Å²) in [6.45, 7) is 4.28. The average Bonchev–Trinajstić information content (AvgIpc) is 2.49. The number of benzene rings is 1. The number of carbonyl (C=O) groups is 2. The van der Waals surface area contributed by atoms with Gasteiger partial charge >= 0.3 is 11.8 Å². The van der Waals surface area contributed by atoms with Gasteiger partial charge in [-0.3, -0.25) is 9.59 Å². The van der Waals surface area contributed by atoms with Gasteiger partial charge in [0.2, 0.25) is 0 Å². The van der Waals surface area contributed by atoms with Gasteiger partial charge in [0, 0.05) is 23.9 Å². The Hall–Kier alpha value is -1.59. The van der Waals surface area contributed by atoms with Gasteiger partial charge in [0.25, 0.3) is 0 Å². The number of aliphatic hydroxyl groups is 1. The van der Waals surface area contributed by atoms with E-state index in [9.17, 15) is 9.59 Å². The molecule has 1 aromatic carbocycles. The van der Waals surface area contributed by atoms with Crippen molar-refractivity contribution in [2.75, 3.05) is 18.5 Å². The van der Waals surface area contributed by atoms with Crippen molar-refractivity contribution in [3.8, 4) is 0 Å². The average molecular weight is 327 g/mol. The summed E-state index contributed by atoms with van der Waals surface area (Å²) in [5, 5.41) is 14.7. The number of carbonyl (C=O) groups excluding carboxylic acids is 2. The minimum absolute atomic E-state index is 0.0778. The Morgan fingerprint density at radius 1 is 1.27 bits per heavy atom. The van der Waals surface area contributed by atoms with Crippen molar-refractivity contribution in [3.63, 3.8) is 0 Å². The van der Waals surface area contributed by atoms with E-state index in [1.54, 1.807) is 25.1 Å². The van der Waals surface area contributed by atoms with Crippen molar-refractivity contribution in [2.45, 2.75) is 33.1 Å². The molecule has 3 N–H and O–H groups in total. The van der Waals surface area contributed by atoms with Gasteiger partial charge in [0.1, 0.15) is 0 Å². The maximum Gasteiger partial charge on any atom is 0.313 e. The van der Waals surface area contributed by atoms with Crippen LogP contribution in [0, 0.1) is 12.8 Å². The predicted octanol–water partition coefficient (Wildman–Crippen LogP) is 2.50. The van der Waals surface area contributed by atoms with Crippen LogP contribution in [0.25, 0.3) is 0 Å². The molecule has 1 atom stereocenters. The zero-order valence-electron chi connectivity index (χ0n) is 13.0. The highest BCUT2D eigenvalue weighted by molar-refractivity contribution is 6.40. The molecule has 0 saturated heterocycles. The molecule has 0 radical (unpaired) electrons. The molecule has 0 saturated carbocycles. The van der Waals surface area contributed by atoms with Gasteiger partial charge in [-0.25, -0.2) is 0 Å². The molecule has 0 spiro atoms. The van der Waals surface area contributed by atoms with Crippen LogP contribution in [0.4, 0.5) is 5.69 Å². The molecule has 0 heterocycles. The number of amides is 2. The van der Waals surface area contributed by atoms with Crippen LogP contribution < -0.4 is 10.6 Å². The normalized spacial score (nSPS) is 11.8. The minimum Gasteiger partial charge on any atom is -0.396 e. The number of nitrogens with one attached hydrogen (secondary N) is 2. The highest BCUT2D eigenvalue weighted by Crippen LogP contribution is 2.22. The molecule has 122 valence electrons. The van der Waals surface area contributed by atoms with Crippen LogP contribution in [0.2, 0.25) is 5.02 Å². The van der Waals surface area contributed by atoms with Gasteiger partial charge in [-0.05, 0) is 43.4 Å². The van der Waals surface area contributed by atoms with Gasteiger partial charge in [-0.15, -0.1) is 0 Å². The van der Waals surface area contributed by atoms with E-state index in [0.29, 0.717) is 23.7 Å². The topological polar surface area (TPSA) is 78.4 Å². The third-order valence-corrected chi connectivity index (χ3v) is 3.92. The van der Waals surface area contributed by atoms with Crippen LogP contribution in [-0.2, 0) is 9.59 Å². The second kappa shape index (κ2) is 9.43. The lowest BCUT2D eigenvalue weighted by Crippen LogP contribution is -2.38. The maximum atomic E-state index is 11.9. The summed E-state index contributed by atoms with van der Waals surface area (Å²) < 4.78 is 0. The molecule has 1 unspecified atom stereocenters. The van der Waals surface area contributed by atoms with Crippen molar-refractivity contribution in [1.29, 1.82) is 0 Å². The maximum absolute atomic E-state index is 11.9. The number of rotatable bonds is 7. The number of aliphatic hydroxyl groups excluding tert-OH is 1. The Labute approximate surface area is 136 Å². The Morgan fingerprint density at radius 2 is 2.00 bits per heavy atom. The van der Waals surface area contributed by atoms with E-state index in [4.69, 9.17) is 16.7 Å². The van der Waals surface area contributed by atoms with E-state index in [2.05, 4.69) is 10.6 Å². The molecule has 0 aliphatic carbocycles. The van der Waals surface area contributed by atoms with E-state index in [1.165, 1.54) is 0 Å². The molecule has 0 aromatic heterocycles. The second-order valence-corrected chi connectivity index (χ2v) is 5.65. The van der Waals surface area contributed by atoms with Crippen LogP contribution in [0.15, 0.2) is 18.2 Å². The highest BCUT2D eigenvalue weighted by atomic mass is 35.5. The lowest BCUT2D eigenvalue weighted by molar-refractivity contribution is -0.136. The summed E-state index contributed by atoms with van der Waals surface area (Å²) in [7, 11) is 0. The lowest BCUT2D eigenvalue weighted by atomic mass is 10.0. The first-order valence-electron chi connectivity index (χ1n) is 7.44. The van der Waals surface area contributed by atoms with Crippen molar-refractivity contribution in [3.05, 3.63) is 28.8 Å². The van der Waals surface area contributed by atoms with Crippen LogP contribution in [0.5, 0.6) is 0 Å².